The van der Waals surface area contributed by atoms with Crippen LogP contribution in [0.15, 0.2) is 41.9 Å². The van der Waals surface area contributed by atoms with Crippen LogP contribution in [-0.4, -0.2) is 59.2 Å². The van der Waals surface area contributed by atoms with Crippen molar-refractivity contribution in [3.8, 4) is 0 Å². The second-order valence-electron chi connectivity index (χ2n) is 7.95. The fourth-order valence-electron chi connectivity index (χ4n) is 3.65. The highest BCUT2D eigenvalue weighted by molar-refractivity contribution is 7.17. The maximum Gasteiger partial charge on any atom is 0.330 e. The van der Waals surface area contributed by atoms with Crippen molar-refractivity contribution in [2.75, 3.05) is 25.5 Å². The molecule has 188 valence electrons. The predicted octanol–water partition coefficient (Wildman–Crippen LogP) is 3.14. The van der Waals surface area contributed by atoms with E-state index in [0.717, 1.165) is 23.7 Å². The fraction of sp³-hybridized carbons (Fsp3) is 0.292. The molecule has 10 nitrogen and oxygen atoms in total. The third kappa shape index (κ3) is 6.07. The number of aromatic amines is 1. The molecule has 12 heteroatoms. The smallest absolute Gasteiger partial charge is 0.330 e. The molecular formula is C24H26N6O4S2. The van der Waals surface area contributed by atoms with Gasteiger partial charge in [-0.1, -0.05) is 29.5 Å². The van der Waals surface area contributed by atoms with Gasteiger partial charge in [0.15, 0.2) is 5.13 Å². The monoisotopic (exact) mass is 526 g/mol. The molecule has 4 N–H and O–H groups in total. The van der Waals surface area contributed by atoms with Crippen LogP contribution < -0.4 is 16.0 Å². The standard InChI is InChI=1S/C24H26N6O4S2/c1-14-20(22(32)29-18(23(33)34-2)13-26-21(31)19-9-5-11-35-19)36-24(28-14)25-10-4-7-15-6-3-8-17-16(15)12-27-30-17/h3,5-6,8-9,11-12,18H,4,7,10,13H2,1-2H3,(H,25,28)(H,26,31)(H,27,30)(H,29,32). The molecule has 3 aromatic heterocycles. The normalized spacial score (nSPS) is 11.7. The van der Waals surface area contributed by atoms with E-state index in [9.17, 15) is 14.4 Å². The molecule has 1 aromatic carbocycles. The van der Waals surface area contributed by atoms with Crippen molar-refractivity contribution in [1.82, 2.24) is 25.8 Å². The van der Waals surface area contributed by atoms with Gasteiger partial charge in [0.05, 0.1) is 29.4 Å². The molecular weight excluding hydrogens is 500 g/mol. The van der Waals surface area contributed by atoms with Crippen LogP contribution in [0.5, 0.6) is 0 Å². The Morgan fingerprint density at radius 3 is 2.81 bits per heavy atom. The number of carbonyl (C=O) groups is 3. The summed E-state index contributed by atoms with van der Waals surface area (Å²) in [4.78, 5) is 42.7. The zero-order chi connectivity index (χ0) is 25.5. The van der Waals surface area contributed by atoms with Gasteiger partial charge >= 0.3 is 5.97 Å². The Balaban J connectivity index is 1.31. The van der Waals surface area contributed by atoms with E-state index >= 15 is 0 Å². The SMILES string of the molecule is COC(=O)C(CNC(=O)c1cccs1)NC(=O)c1sc(NCCCc2cccc3[nH]ncc23)nc1C. The number of hydrogen-bond acceptors (Lipinski definition) is 9. The average Bonchev–Trinajstić information content (AvgIpc) is 3.64. The zero-order valence-corrected chi connectivity index (χ0v) is 21.4. The number of ether oxygens (including phenoxy) is 1. The number of nitrogens with zero attached hydrogens (tertiary/aromatic N) is 2. The van der Waals surface area contributed by atoms with Gasteiger partial charge in [-0.05, 0) is 42.8 Å². The van der Waals surface area contributed by atoms with E-state index in [0.29, 0.717) is 27.1 Å². The van der Waals surface area contributed by atoms with Crippen LogP contribution in [0.4, 0.5) is 5.13 Å². The summed E-state index contributed by atoms with van der Waals surface area (Å²) in [5.41, 5.74) is 2.79. The molecule has 0 aliphatic carbocycles. The number of carbonyl (C=O) groups excluding carboxylic acids is 3. The third-order valence-electron chi connectivity index (χ3n) is 5.48. The topological polar surface area (TPSA) is 138 Å². The van der Waals surface area contributed by atoms with E-state index in [1.54, 1.807) is 24.4 Å². The molecule has 0 fully saturated rings. The number of esters is 1. The summed E-state index contributed by atoms with van der Waals surface area (Å²) < 4.78 is 4.80. The van der Waals surface area contributed by atoms with Crippen LogP contribution >= 0.6 is 22.7 Å². The number of fused-ring (bicyclic) bond motifs is 1. The number of anilines is 1. The van der Waals surface area contributed by atoms with Crippen molar-refractivity contribution in [1.29, 1.82) is 0 Å². The highest BCUT2D eigenvalue weighted by Crippen LogP contribution is 2.23. The molecule has 1 unspecified atom stereocenters. The summed E-state index contributed by atoms with van der Waals surface area (Å²) in [6.45, 7) is 2.32. The summed E-state index contributed by atoms with van der Waals surface area (Å²) in [6.07, 6.45) is 3.58. The van der Waals surface area contributed by atoms with Gasteiger partial charge in [-0.15, -0.1) is 11.3 Å². The van der Waals surface area contributed by atoms with Gasteiger partial charge in [0.25, 0.3) is 11.8 Å². The second kappa shape index (κ2) is 11.8. The Bertz CT molecular complexity index is 1350. The fourth-order valence-corrected chi connectivity index (χ4v) is 5.19. The number of thiophene rings is 1. The van der Waals surface area contributed by atoms with E-state index in [4.69, 9.17) is 4.74 Å². The van der Waals surface area contributed by atoms with Crippen molar-refractivity contribution in [3.05, 3.63) is 62.9 Å². The number of aromatic nitrogens is 3. The first kappa shape index (κ1) is 25.3. The van der Waals surface area contributed by atoms with Crippen LogP contribution in [0.25, 0.3) is 10.9 Å². The lowest BCUT2D eigenvalue weighted by atomic mass is 10.1. The first-order chi connectivity index (χ1) is 17.5. The van der Waals surface area contributed by atoms with E-state index in [1.165, 1.54) is 35.3 Å². The number of thiazole rings is 1. The van der Waals surface area contributed by atoms with Gasteiger partial charge in [-0.3, -0.25) is 14.7 Å². The average molecular weight is 527 g/mol. The number of methoxy groups -OCH3 is 1. The Hall–Kier alpha value is -3.77. The molecule has 2 amide bonds. The Morgan fingerprint density at radius 1 is 1.17 bits per heavy atom. The van der Waals surface area contributed by atoms with Crippen molar-refractivity contribution in [2.45, 2.75) is 25.8 Å². The van der Waals surface area contributed by atoms with Gasteiger partial charge in [-0.25, -0.2) is 9.78 Å². The van der Waals surface area contributed by atoms with Crippen LogP contribution in [0.3, 0.4) is 0 Å². The molecule has 0 aliphatic rings. The number of rotatable bonds is 11. The molecule has 0 spiro atoms. The number of H-pyrrole nitrogens is 1. The predicted molar refractivity (Wildman–Crippen MR) is 140 cm³/mol. The number of benzene rings is 1. The van der Waals surface area contributed by atoms with Crippen LogP contribution in [0.1, 0.15) is 37.0 Å². The van der Waals surface area contributed by atoms with Crippen LogP contribution in [0.2, 0.25) is 0 Å². The zero-order valence-electron chi connectivity index (χ0n) is 19.8. The molecule has 4 rings (SSSR count). The quantitative estimate of drug-likeness (QED) is 0.174. The first-order valence-corrected chi connectivity index (χ1v) is 13.0. The Labute approximate surface area is 215 Å². The third-order valence-corrected chi connectivity index (χ3v) is 7.46. The minimum atomic E-state index is -1.03. The lowest BCUT2D eigenvalue weighted by Gasteiger charge is -2.16. The summed E-state index contributed by atoms with van der Waals surface area (Å²) in [7, 11) is 1.23. The van der Waals surface area contributed by atoms with E-state index in [-0.39, 0.29) is 12.5 Å². The summed E-state index contributed by atoms with van der Waals surface area (Å²) in [5.74, 6) is -1.42. The number of amides is 2. The molecule has 0 aliphatic heterocycles. The van der Waals surface area contributed by atoms with Crippen molar-refractivity contribution < 1.29 is 19.1 Å². The molecule has 0 radical (unpaired) electrons. The molecule has 0 bridgehead atoms. The second-order valence-corrected chi connectivity index (χ2v) is 9.90. The molecule has 0 saturated heterocycles. The van der Waals surface area contributed by atoms with Gasteiger partial charge in [0.2, 0.25) is 0 Å². The first-order valence-electron chi connectivity index (χ1n) is 11.3. The van der Waals surface area contributed by atoms with Gasteiger partial charge in [-0.2, -0.15) is 5.10 Å². The maximum absolute atomic E-state index is 12.9. The Morgan fingerprint density at radius 2 is 2.03 bits per heavy atom. The summed E-state index contributed by atoms with van der Waals surface area (Å²) in [5, 5.41) is 19.2. The van der Waals surface area contributed by atoms with Gasteiger partial charge in [0.1, 0.15) is 10.9 Å². The summed E-state index contributed by atoms with van der Waals surface area (Å²) in [6, 6.07) is 8.50. The molecule has 1 atom stereocenters. The van der Waals surface area contributed by atoms with Crippen LogP contribution in [0, 0.1) is 6.92 Å². The van der Waals surface area contributed by atoms with Crippen LogP contribution in [-0.2, 0) is 16.0 Å². The molecule has 0 saturated carbocycles. The van der Waals surface area contributed by atoms with Crippen molar-refractivity contribution >= 4 is 56.5 Å². The number of aryl methyl sites for hydroxylation is 2. The van der Waals surface area contributed by atoms with E-state index in [1.807, 2.05) is 18.3 Å². The maximum atomic E-state index is 12.9. The van der Waals surface area contributed by atoms with Gasteiger partial charge < -0.3 is 20.7 Å². The van der Waals surface area contributed by atoms with Crippen molar-refractivity contribution in [2.24, 2.45) is 0 Å². The largest absolute Gasteiger partial charge is 0.467 e. The lowest BCUT2D eigenvalue weighted by molar-refractivity contribution is -0.142. The van der Waals surface area contributed by atoms with Gasteiger partial charge in [0, 0.05) is 18.5 Å². The minimum Gasteiger partial charge on any atom is -0.467 e. The molecule has 3 heterocycles. The summed E-state index contributed by atoms with van der Waals surface area (Å²) >= 11 is 2.50. The number of nitrogens with one attached hydrogen (secondary N) is 4. The van der Waals surface area contributed by atoms with Crippen molar-refractivity contribution in [3.63, 3.8) is 0 Å². The highest BCUT2D eigenvalue weighted by Gasteiger charge is 2.25. The van der Waals surface area contributed by atoms with E-state index in [2.05, 4.69) is 37.2 Å². The number of hydrogen-bond donors (Lipinski definition) is 4. The highest BCUT2D eigenvalue weighted by atomic mass is 32.1. The molecule has 36 heavy (non-hydrogen) atoms. The minimum absolute atomic E-state index is 0.0957. The van der Waals surface area contributed by atoms with E-state index < -0.39 is 17.9 Å². The molecule has 4 aromatic rings. The lowest BCUT2D eigenvalue weighted by Crippen LogP contribution is -2.48. The Kier molecular flexibility index (Phi) is 8.28.